The van der Waals surface area contributed by atoms with Crippen molar-refractivity contribution < 1.29 is 0 Å². The Morgan fingerprint density at radius 2 is 0.516 bits per heavy atom. The Bertz CT molecular complexity index is 3150. The molecule has 12 rings (SSSR count). The molecule has 2 heteroatoms. The van der Waals surface area contributed by atoms with Gasteiger partial charge in [0, 0.05) is 11.4 Å². The van der Waals surface area contributed by atoms with Crippen LogP contribution in [0.3, 0.4) is 0 Å². The molecule has 10 aromatic carbocycles. The van der Waals surface area contributed by atoms with Gasteiger partial charge in [0.25, 0.3) is 0 Å². The van der Waals surface area contributed by atoms with E-state index >= 15 is 0 Å². The first-order valence-electron chi connectivity index (χ1n) is 22.2. The van der Waals surface area contributed by atoms with E-state index in [-0.39, 0.29) is 0 Å². The number of fused-ring (bicyclic) bond motifs is 4. The Kier molecular flexibility index (Phi) is 8.98. The molecule has 2 heterocycles. The van der Waals surface area contributed by atoms with E-state index in [9.17, 15) is 0 Å². The van der Waals surface area contributed by atoms with E-state index in [1.165, 1.54) is 67.3 Å². The molecule has 2 nitrogen and oxygen atoms in total. The van der Waals surface area contributed by atoms with E-state index in [0.29, 0.717) is 0 Å². The minimum absolute atomic E-state index is 0.521. The highest BCUT2D eigenvalue weighted by Crippen LogP contribution is 2.59. The summed E-state index contributed by atoms with van der Waals surface area (Å²) < 4.78 is 0. The van der Waals surface area contributed by atoms with Crippen LogP contribution in [0.15, 0.2) is 267 Å². The van der Waals surface area contributed by atoms with Crippen molar-refractivity contribution in [1.29, 1.82) is 0 Å². The molecule has 2 aliphatic heterocycles. The second-order valence-electron chi connectivity index (χ2n) is 16.8. The van der Waals surface area contributed by atoms with Crippen molar-refractivity contribution in [2.45, 2.75) is 10.8 Å². The largest absolute Gasteiger partial charge is 0.310 e. The average Bonchev–Trinajstić information content (AvgIpc) is 3.38. The van der Waals surface area contributed by atoms with Crippen LogP contribution in [-0.4, -0.2) is 0 Å². The lowest BCUT2D eigenvalue weighted by molar-refractivity contribution is 0.731. The third-order valence-electron chi connectivity index (χ3n) is 13.6. The summed E-state index contributed by atoms with van der Waals surface area (Å²) in [6.45, 7) is 0. The number of hydrogen-bond acceptors (Lipinski definition) is 2. The number of nitrogens with zero attached hydrogens (tertiary/aromatic N) is 2. The first kappa shape index (κ1) is 37.6. The molecule has 0 radical (unpaired) electrons. The molecule has 302 valence electrons. The highest BCUT2D eigenvalue weighted by Gasteiger charge is 2.48. The second-order valence-corrected chi connectivity index (χ2v) is 16.8. The van der Waals surface area contributed by atoms with Gasteiger partial charge in [0.15, 0.2) is 0 Å². The van der Waals surface area contributed by atoms with Crippen molar-refractivity contribution in [2.24, 2.45) is 0 Å². The van der Waals surface area contributed by atoms with Gasteiger partial charge in [-0.05, 0) is 110 Å². The molecule has 0 saturated heterocycles. The van der Waals surface area contributed by atoms with E-state index in [1.54, 1.807) is 0 Å². The zero-order valence-corrected chi connectivity index (χ0v) is 35.3. The summed E-state index contributed by atoms with van der Waals surface area (Å²) in [5, 5.41) is 0. The maximum absolute atomic E-state index is 2.47. The van der Waals surface area contributed by atoms with Gasteiger partial charge >= 0.3 is 0 Å². The van der Waals surface area contributed by atoms with Gasteiger partial charge in [-0.25, -0.2) is 0 Å². The third-order valence-corrected chi connectivity index (χ3v) is 13.6. The molecule has 0 spiro atoms. The van der Waals surface area contributed by atoms with Crippen LogP contribution >= 0.6 is 0 Å². The van der Waals surface area contributed by atoms with Gasteiger partial charge in [-0.2, -0.15) is 0 Å². The lowest BCUT2D eigenvalue weighted by Gasteiger charge is -2.46. The molecular formula is C62H44N2. The van der Waals surface area contributed by atoms with Crippen LogP contribution in [0.4, 0.5) is 34.1 Å². The van der Waals surface area contributed by atoms with Crippen LogP contribution in [0.5, 0.6) is 0 Å². The third kappa shape index (κ3) is 5.59. The van der Waals surface area contributed by atoms with Crippen LogP contribution in [0.1, 0.15) is 44.5 Å². The molecule has 0 amide bonds. The van der Waals surface area contributed by atoms with Gasteiger partial charge in [-0.1, -0.05) is 212 Å². The van der Waals surface area contributed by atoms with Gasteiger partial charge in [0.2, 0.25) is 0 Å². The normalized spacial score (nSPS) is 14.1. The minimum atomic E-state index is -0.601. The van der Waals surface area contributed by atoms with Crippen molar-refractivity contribution in [1.82, 2.24) is 0 Å². The first-order valence-corrected chi connectivity index (χ1v) is 22.2. The second kappa shape index (κ2) is 15.3. The van der Waals surface area contributed by atoms with Crippen molar-refractivity contribution in [3.05, 3.63) is 311 Å². The SMILES string of the molecule is c1ccc(N2c3ccccc3C(c3ccccc3)(c3cccc(-c4cccc(N5c6ccccc6C(c6ccccc6)(c6ccccc6)c6ccccc65)c4)c3)c3ccccc32)cc1. The topological polar surface area (TPSA) is 6.48 Å². The van der Waals surface area contributed by atoms with Crippen LogP contribution in [0.2, 0.25) is 0 Å². The fourth-order valence-corrected chi connectivity index (χ4v) is 11.0. The highest BCUT2D eigenvalue weighted by atomic mass is 15.2. The van der Waals surface area contributed by atoms with E-state index in [1.807, 2.05) is 0 Å². The van der Waals surface area contributed by atoms with Crippen molar-refractivity contribution in [3.8, 4) is 11.1 Å². The average molecular weight is 817 g/mol. The molecule has 64 heavy (non-hydrogen) atoms. The zero-order valence-electron chi connectivity index (χ0n) is 35.3. The molecule has 10 aromatic rings. The van der Waals surface area contributed by atoms with E-state index < -0.39 is 10.8 Å². The number of benzene rings is 10. The van der Waals surface area contributed by atoms with Crippen LogP contribution in [0.25, 0.3) is 11.1 Å². The Morgan fingerprint density at radius 1 is 0.219 bits per heavy atom. The van der Waals surface area contributed by atoms with Gasteiger partial charge in [0.1, 0.15) is 0 Å². The molecule has 0 fully saturated rings. The van der Waals surface area contributed by atoms with Crippen molar-refractivity contribution >= 4 is 34.1 Å². The van der Waals surface area contributed by atoms with E-state index in [0.717, 1.165) is 22.5 Å². The predicted octanol–water partition coefficient (Wildman–Crippen LogP) is 15.7. The molecule has 0 unspecified atom stereocenters. The molecule has 0 N–H and O–H groups in total. The number of rotatable bonds is 7. The maximum atomic E-state index is 2.47. The number of anilines is 6. The summed E-state index contributed by atoms with van der Waals surface area (Å²) in [4.78, 5) is 4.90. The minimum Gasteiger partial charge on any atom is -0.310 e. The van der Waals surface area contributed by atoms with Crippen LogP contribution < -0.4 is 9.80 Å². The number of para-hydroxylation sites is 5. The highest BCUT2D eigenvalue weighted by molar-refractivity contribution is 5.92. The summed E-state index contributed by atoms with van der Waals surface area (Å²) in [6.07, 6.45) is 0. The van der Waals surface area contributed by atoms with Crippen molar-refractivity contribution in [2.75, 3.05) is 9.80 Å². The Labute approximate surface area is 375 Å². The number of hydrogen-bond donors (Lipinski definition) is 0. The monoisotopic (exact) mass is 816 g/mol. The van der Waals surface area contributed by atoms with E-state index in [2.05, 4.69) is 277 Å². The van der Waals surface area contributed by atoms with Crippen LogP contribution in [0, 0.1) is 0 Å². The fourth-order valence-electron chi connectivity index (χ4n) is 11.0. The van der Waals surface area contributed by atoms with Gasteiger partial charge in [-0.15, -0.1) is 0 Å². The first-order chi connectivity index (χ1) is 31.8. The van der Waals surface area contributed by atoms with Crippen molar-refractivity contribution in [3.63, 3.8) is 0 Å². The summed E-state index contributed by atoms with van der Waals surface area (Å²) in [5.41, 5.74) is 18.1. The standard InChI is InChI=1S/C62H44N2/c1-5-25-47(26-6-1)61(48-27-7-2-8-28-48)53-35-13-19-41-59(53)64(60-42-20-14-36-54(60)61)52-34-22-24-46(44-52)45-23-21-31-50(43-45)62(49-29-9-3-10-30-49)55-37-15-17-39-57(55)63(51-32-11-4-12-33-51)58-40-18-16-38-56(58)62/h1-44H. The van der Waals surface area contributed by atoms with Gasteiger partial charge in [0.05, 0.1) is 33.6 Å². The molecule has 0 aromatic heterocycles. The molecule has 0 bridgehead atoms. The van der Waals surface area contributed by atoms with Crippen LogP contribution in [-0.2, 0) is 10.8 Å². The smallest absolute Gasteiger partial charge is 0.0742 e. The zero-order chi connectivity index (χ0) is 42.5. The summed E-state index contributed by atoms with van der Waals surface area (Å²) >= 11 is 0. The quantitative estimate of drug-likeness (QED) is 0.158. The Hall–Kier alpha value is -8.20. The lowest BCUT2D eigenvalue weighted by atomic mass is 9.62. The lowest BCUT2D eigenvalue weighted by Crippen LogP contribution is -2.37. The molecule has 0 aliphatic carbocycles. The molecular weight excluding hydrogens is 773 g/mol. The molecule has 0 atom stereocenters. The van der Waals surface area contributed by atoms with Gasteiger partial charge < -0.3 is 9.80 Å². The molecule has 2 aliphatic rings. The predicted molar refractivity (Wildman–Crippen MR) is 265 cm³/mol. The Morgan fingerprint density at radius 3 is 0.953 bits per heavy atom. The maximum Gasteiger partial charge on any atom is 0.0742 e. The summed E-state index contributed by atoms with van der Waals surface area (Å²) in [7, 11) is 0. The molecule has 0 saturated carbocycles. The summed E-state index contributed by atoms with van der Waals surface area (Å²) in [5.74, 6) is 0. The Balaban J connectivity index is 1.05. The summed E-state index contributed by atoms with van der Waals surface area (Å²) in [6, 6.07) is 98.2. The van der Waals surface area contributed by atoms with Gasteiger partial charge in [-0.3, -0.25) is 0 Å². The van der Waals surface area contributed by atoms with E-state index in [4.69, 9.17) is 0 Å². The fraction of sp³-hybridized carbons (Fsp3) is 0.0323.